The Labute approximate surface area is 114 Å². The number of hydrogen-bond donors (Lipinski definition) is 0. The molecular weight excluding hydrogens is 270 g/mol. The second kappa shape index (κ2) is 5.93. The van der Waals surface area contributed by atoms with Crippen LogP contribution < -0.4 is 0 Å². The summed E-state index contributed by atoms with van der Waals surface area (Å²) in [7, 11) is 0. The quantitative estimate of drug-likeness (QED) is 0.828. The van der Waals surface area contributed by atoms with E-state index in [-0.39, 0.29) is 18.6 Å². The van der Waals surface area contributed by atoms with Gasteiger partial charge in [-0.3, -0.25) is 4.79 Å². The van der Waals surface area contributed by atoms with Crippen LogP contribution in [-0.4, -0.2) is 5.78 Å². The van der Waals surface area contributed by atoms with Crippen LogP contribution in [0.2, 0.25) is 5.02 Å². The van der Waals surface area contributed by atoms with Gasteiger partial charge in [-0.1, -0.05) is 29.8 Å². The lowest BCUT2D eigenvalue weighted by Crippen LogP contribution is -2.07. The molecule has 0 saturated heterocycles. The molecule has 1 nitrogen and oxygen atoms in total. The molecule has 0 fully saturated rings. The molecule has 0 saturated carbocycles. The van der Waals surface area contributed by atoms with Crippen molar-refractivity contribution in [2.45, 2.75) is 12.8 Å². The van der Waals surface area contributed by atoms with E-state index in [9.17, 15) is 13.6 Å². The first-order chi connectivity index (χ1) is 9.04. The Morgan fingerprint density at radius 3 is 2.11 bits per heavy atom. The number of carbonyl (C=O) groups is 1. The Balaban J connectivity index is 2.01. The summed E-state index contributed by atoms with van der Waals surface area (Å²) in [6, 6.07) is 10.5. The van der Waals surface area contributed by atoms with Crippen molar-refractivity contribution in [1.82, 2.24) is 0 Å². The molecule has 2 aromatic carbocycles. The first-order valence-corrected chi connectivity index (χ1v) is 6.12. The predicted octanol–water partition coefficient (Wildman–Crippen LogP) is 3.97. The Kier molecular flexibility index (Phi) is 4.27. The maximum absolute atomic E-state index is 13.0. The molecule has 0 aliphatic carbocycles. The van der Waals surface area contributed by atoms with Crippen LogP contribution in [0.15, 0.2) is 42.5 Å². The largest absolute Gasteiger partial charge is 0.299 e. The van der Waals surface area contributed by atoms with Gasteiger partial charge in [0.05, 0.1) is 0 Å². The third-order valence-corrected chi connectivity index (χ3v) is 2.95. The molecule has 0 aromatic heterocycles. The lowest BCUT2D eigenvalue weighted by atomic mass is 10.0. The van der Waals surface area contributed by atoms with Crippen LogP contribution in [0.3, 0.4) is 0 Å². The normalized spacial score (nSPS) is 10.5. The van der Waals surface area contributed by atoms with Crippen LogP contribution >= 0.6 is 11.6 Å². The number of halogens is 3. The maximum atomic E-state index is 13.0. The van der Waals surface area contributed by atoms with Crippen LogP contribution in [0, 0.1) is 11.6 Å². The van der Waals surface area contributed by atoms with Gasteiger partial charge in [-0.05, 0) is 35.4 Å². The summed E-state index contributed by atoms with van der Waals surface area (Å²) in [6.07, 6.45) is 0.329. The molecule has 0 radical (unpaired) electrons. The van der Waals surface area contributed by atoms with E-state index in [0.29, 0.717) is 10.6 Å². The molecule has 0 amide bonds. The van der Waals surface area contributed by atoms with Crippen LogP contribution in [0.4, 0.5) is 8.78 Å². The van der Waals surface area contributed by atoms with E-state index >= 15 is 0 Å². The molecule has 98 valence electrons. The minimum Gasteiger partial charge on any atom is -0.299 e. The van der Waals surface area contributed by atoms with Crippen molar-refractivity contribution in [1.29, 1.82) is 0 Å². The number of Topliss-reactive ketones (excluding diaryl/α,β-unsaturated/α-hetero) is 1. The highest BCUT2D eigenvalue weighted by Crippen LogP contribution is 2.13. The fourth-order valence-electron chi connectivity index (χ4n) is 1.77. The fourth-order valence-corrected chi connectivity index (χ4v) is 1.90. The zero-order chi connectivity index (χ0) is 13.8. The van der Waals surface area contributed by atoms with Crippen molar-refractivity contribution < 1.29 is 13.6 Å². The molecule has 19 heavy (non-hydrogen) atoms. The summed E-state index contributed by atoms with van der Waals surface area (Å²) in [5.74, 6) is -1.90. The summed E-state index contributed by atoms with van der Waals surface area (Å²) in [4.78, 5) is 11.8. The van der Waals surface area contributed by atoms with E-state index < -0.39 is 11.6 Å². The molecule has 0 spiro atoms. The molecule has 0 aliphatic heterocycles. The first-order valence-electron chi connectivity index (χ1n) is 5.74. The summed E-state index contributed by atoms with van der Waals surface area (Å²) in [5, 5.41) is 0.608. The third kappa shape index (κ3) is 3.86. The highest BCUT2D eigenvalue weighted by Gasteiger charge is 2.08. The van der Waals surface area contributed by atoms with Gasteiger partial charge in [-0.25, -0.2) is 8.78 Å². The molecule has 0 bridgehead atoms. The Bertz CT molecular complexity index is 594. The van der Waals surface area contributed by atoms with E-state index in [0.717, 1.165) is 17.7 Å². The van der Waals surface area contributed by atoms with Gasteiger partial charge in [0.15, 0.2) is 11.6 Å². The number of ketones is 1. The van der Waals surface area contributed by atoms with Gasteiger partial charge < -0.3 is 0 Å². The van der Waals surface area contributed by atoms with Crippen molar-refractivity contribution in [3.05, 3.63) is 70.2 Å². The standard InChI is InChI=1S/C15H11ClF2O/c16-12-4-1-10(2-5-12)7-13(19)8-11-3-6-14(17)15(18)9-11/h1-6,9H,7-8H2. The lowest BCUT2D eigenvalue weighted by molar-refractivity contribution is -0.117. The van der Waals surface area contributed by atoms with E-state index in [1.54, 1.807) is 24.3 Å². The monoisotopic (exact) mass is 280 g/mol. The molecule has 0 N–H and O–H groups in total. The lowest BCUT2D eigenvalue weighted by Gasteiger charge is -2.03. The molecule has 2 aromatic rings. The van der Waals surface area contributed by atoms with Gasteiger partial charge in [0.1, 0.15) is 5.78 Å². The van der Waals surface area contributed by atoms with Crippen molar-refractivity contribution in [2.75, 3.05) is 0 Å². The van der Waals surface area contributed by atoms with Crippen LogP contribution in [0.1, 0.15) is 11.1 Å². The zero-order valence-electron chi connectivity index (χ0n) is 10.00. The second-order valence-electron chi connectivity index (χ2n) is 4.27. The van der Waals surface area contributed by atoms with Crippen molar-refractivity contribution in [3.8, 4) is 0 Å². The Morgan fingerprint density at radius 2 is 1.47 bits per heavy atom. The van der Waals surface area contributed by atoms with E-state index in [2.05, 4.69) is 0 Å². The molecule has 0 atom stereocenters. The van der Waals surface area contributed by atoms with E-state index in [1.165, 1.54) is 6.07 Å². The van der Waals surface area contributed by atoms with Crippen molar-refractivity contribution in [3.63, 3.8) is 0 Å². The minimum absolute atomic E-state index is 0.0617. The van der Waals surface area contributed by atoms with Gasteiger partial charge >= 0.3 is 0 Å². The first kappa shape index (κ1) is 13.7. The second-order valence-corrected chi connectivity index (χ2v) is 4.70. The van der Waals surface area contributed by atoms with Gasteiger partial charge in [0.25, 0.3) is 0 Å². The minimum atomic E-state index is -0.934. The van der Waals surface area contributed by atoms with E-state index in [1.807, 2.05) is 0 Å². The molecule has 2 rings (SSSR count). The average Bonchev–Trinajstić information content (AvgIpc) is 2.37. The maximum Gasteiger partial charge on any atom is 0.159 e. The highest BCUT2D eigenvalue weighted by atomic mass is 35.5. The fraction of sp³-hybridized carbons (Fsp3) is 0.133. The van der Waals surface area contributed by atoms with Crippen LogP contribution in [-0.2, 0) is 17.6 Å². The summed E-state index contributed by atoms with van der Waals surface area (Å²) in [5.41, 5.74) is 1.31. The van der Waals surface area contributed by atoms with Gasteiger partial charge in [-0.2, -0.15) is 0 Å². The SMILES string of the molecule is O=C(Cc1ccc(Cl)cc1)Cc1ccc(F)c(F)c1. The molecular formula is C15H11ClF2O. The predicted molar refractivity (Wildman–Crippen MR) is 70.2 cm³/mol. The third-order valence-electron chi connectivity index (χ3n) is 2.70. The van der Waals surface area contributed by atoms with Gasteiger partial charge in [0, 0.05) is 17.9 Å². The number of hydrogen-bond acceptors (Lipinski definition) is 1. The number of carbonyl (C=O) groups excluding carboxylic acids is 1. The van der Waals surface area contributed by atoms with E-state index in [4.69, 9.17) is 11.6 Å². The van der Waals surface area contributed by atoms with Crippen molar-refractivity contribution >= 4 is 17.4 Å². The zero-order valence-corrected chi connectivity index (χ0v) is 10.8. The molecule has 4 heteroatoms. The molecule has 0 heterocycles. The van der Waals surface area contributed by atoms with Crippen molar-refractivity contribution in [2.24, 2.45) is 0 Å². The summed E-state index contributed by atoms with van der Waals surface area (Å²) >= 11 is 5.75. The molecule has 0 aliphatic rings. The van der Waals surface area contributed by atoms with Gasteiger partial charge in [0.2, 0.25) is 0 Å². The van der Waals surface area contributed by atoms with Gasteiger partial charge in [-0.15, -0.1) is 0 Å². The topological polar surface area (TPSA) is 17.1 Å². The number of rotatable bonds is 4. The van der Waals surface area contributed by atoms with Crippen LogP contribution in [0.25, 0.3) is 0 Å². The van der Waals surface area contributed by atoms with Crippen LogP contribution in [0.5, 0.6) is 0 Å². The Morgan fingerprint density at radius 1 is 0.895 bits per heavy atom. The summed E-state index contributed by atoms with van der Waals surface area (Å²) < 4.78 is 25.7. The average molecular weight is 281 g/mol. The number of benzene rings is 2. The highest BCUT2D eigenvalue weighted by molar-refractivity contribution is 6.30. The smallest absolute Gasteiger partial charge is 0.159 e. The summed E-state index contributed by atoms with van der Waals surface area (Å²) in [6.45, 7) is 0. The molecule has 0 unspecified atom stereocenters. The Hall–Kier alpha value is -1.74.